The standard InChI is InChI=1S/C8H12N2O2S/c1-2-7-5-8-6-13(11,12)4-3-10(8)9-7/h5H,2-4,6H2,1H3. The van der Waals surface area contributed by atoms with Crippen LogP contribution in [-0.4, -0.2) is 24.0 Å². The summed E-state index contributed by atoms with van der Waals surface area (Å²) >= 11 is 0. The van der Waals surface area contributed by atoms with Crippen LogP contribution in [0.5, 0.6) is 0 Å². The van der Waals surface area contributed by atoms with Crippen molar-refractivity contribution in [3.8, 4) is 0 Å². The van der Waals surface area contributed by atoms with Crippen LogP contribution in [-0.2, 0) is 28.6 Å². The third-order valence-corrected chi connectivity index (χ3v) is 3.80. The summed E-state index contributed by atoms with van der Waals surface area (Å²) in [5.74, 6) is 0.380. The number of aromatic nitrogens is 2. The lowest BCUT2D eigenvalue weighted by Crippen LogP contribution is -2.24. The molecule has 0 atom stereocenters. The second kappa shape index (κ2) is 2.83. The number of sulfone groups is 1. The zero-order chi connectivity index (χ0) is 9.47. The van der Waals surface area contributed by atoms with E-state index in [2.05, 4.69) is 5.10 Å². The first-order valence-corrected chi connectivity index (χ1v) is 6.19. The highest BCUT2D eigenvalue weighted by atomic mass is 32.2. The van der Waals surface area contributed by atoms with Crippen LogP contribution in [0.15, 0.2) is 6.07 Å². The van der Waals surface area contributed by atoms with Gasteiger partial charge >= 0.3 is 0 Å². The van der Waals surface area contributed by atoms with Crippen molar-refractivity contribution in [2.75, 3.05) is 5.75 Å². The van der Waals surface area contributed by atoms with Crippen molar-refractivity contribution in [2.45, 2.75) is 25.6 Å². The summed E-state index contributed by atoms with van der Waals surface area (Å²) in [7, 11) is -2.85. The summed E-state index contributed by atoms with van der Waals surface area (Å²) in [5.41, 5.74) is 1.82. The number of nitrogens with zero attached hydrogens (tertiary/aromatic N) is 2. The summed E-state index contributed by atoms with van der Waals surface area (Å²) in [6, 6.07) is 1.89. The van der Waals surface area contributed by atoms with Crippen LogP contribution < -0.4 is 0 Å². The first kappa shape index (κ1) is 8.74. The van der Waals surface area contributed by atoms with E-state index in [1.54, 1.807) is 4.68 Å². The van der Waals surface area contributed by atoms with Crippen molar-refractivity contribution in [1.29, 1.82) is 0 Å². The third-order valence-electron chi connectivity index (χ3n) is 2.26. The van der Waals surface area contributed by atoms with Gasteiger partial charge in [-0.05, 0) is 12.5 Å². The molecule has 2 heterocycles. The van der Waals surface area contributed by atoms with Gasteiger partial charge < -0.3 is 0 Å². The van der Waals surface area contributed by atoms with Gasteiger partial charge in [0, 0.05) is 0 Å². The number of hydrogen-bond acceptors (Lipinski definition) is 3. The van der Waals surface area contributed by atoms with E-state index in [0.717, 1.165) is 17.8 Å². The molecule has 0 fully saturated rings. The molecule has 0 bridgehead atoms. The second-order valence-corrected chi connectivity index (χ2v) is 5.48. The molecule has 1 aromatic heterocycles. The number of rotatable bonds is 1. The molecule has 2 rings (SSSR count). The minimum Gasteiger partial charge on any atom is -0.267 e. The lowest BCUT2D eigenvalue weighted by Gasteiger charge is -2.13. The fourth-order valence-electron chi connectivity index (χ4n) is 1.52. The van der Waals surface area contributed by atoms with Crippen molar-refractivity contribution in [1.82, 2.24) is 9.78 Å². The van der Waals surface area contributed by atoms with Gasteiger partial charge in [0.15, 0.2) is 9.84 Å². The number of aryl methyl sites for hydroxylation is 2. The molecule has 0 amide bonds. The van der Waals surface area contributed by atoms with Gasteiger partial charge in [-0.25, -0.2) is 8.42 Å². The predicted octanol–water partition coefficient (Wildman–Crippen LogP) is 0.374. The Labute approximate surface area is 77.5 Å². The Morgan fingerprint density at radius 1 is 1.62 bits per heavy atom. The first-order chi connectivity index (χ1) is 6.11. The summed E-state index contributed by atoms with van der Waals surface area (Å²) in [4.78, 5) is 0. The molecule has 0 aromatic carbocycles. The number of hydrogen-bond donors (Lipinski definition) is 0. The molecule has 0 spiro atoms. The van der Waals surface area contributed by atoms with Gasteiger partial charge in [-0.3, -0.25) is 4.68 Å². The van der Waals surface area contributed by atoms with Crippen LogP contribution in [0.2, 0.25) is 0 Å². The van der Waals surface area contributed by atoms with Crippen LogP contribution in [0.3, 0.4) is 0 Å². The van der Waals surface area contributed by atoms with Gasteiger partial charge in [-0.1, -0.05) is 6.92 Å². The van der Waals surface area contributed by atoms with Gasteiger partial charge in [0.1, 0.15) is 0 Å². The lowest BCUT2D eigenvalue weighted by atomic mass is 10.3. The predicted molar refractivity (Wildman–Crippen MR) is 49.1 cm³/mol. The van der Waals surface area contributed by atoms with Crippen molar-refractivity contribution in [3.05, 3.63) is 17.5 Å². The fourth-order valence-corrected chi connectivity index (χ4v) is 2.80. The SMILES string of the molecule is CCc1cc2n(n1)CCS(=O)(=O)C2. The molecule has 0 N–H and O–H groups in total. The van der Waals surface area contributed by atoms with Crippen molar-refractivity contribution in [3.63, 3.8) is 0 Å². The second-order valence-electron chi connectivity index (χ2n) is 3.30. The van der Waals surface area contributed by atoms with Gasteiger partial charge in [0.2, 0.25) is 0 Å². The topological polar surface area (TPSA) is 52.0 Å². The van der Waals surface area contributed by atoms with E-state index in [1.807, 2.05) is 13.0 Å². The molecular formula is C8H12N2O2S. The van der Waals surface area contributed by atoms with Crippen molar-refractivity contribution in [2.24, 2.45) is 0 Å². The Hall–Kier alpha value is -0.840. The summed E-state index contributed by atoms with van der Waals surface area (Å²) in [5, 5.41) is 4.29. The minimum atomic E-state index is -2.85. The molecule has 0 aliphatic carbocycles. The summed E-state index contributed by atoms with van der Waals surface area (Å²) in [6.45, 7) is 2.53. The van der Waals surface area contributed by atoms with Crippen LogP contribution >= 0.6 is 0 Å². The molecule has 0 unspecified atom stereocenters. The smallest absolute Gasteiger partial charge is 0.157 e. The number of fused-ring (bicyclic) bond motifs is 1. The maximum Gasteiger partial charge on any atom is 0.157 e. The Balaban J connectivity index is 2.40. The minimum absolute atomic E-state index is 0.153. The molecule has 1 aromatic rings. The Bertz CT molecular complexity index is 419. The van der Waals surface area contributed by atoms with E-state index in [1.165, 1.54) is 0 Å². The molecule has 1 aliphatic heterocycles. The van der Waals surface area contributed by atoms with E-state index in [0.29, 0.717) is 6.54 Å². The van der Waals surface area contributed by atoms with E-state index in [9.17, 15) is 8.42 Å². The molecular weight excluding hydrogens is 188 g/mol. The van der Waals surface area contributed by atoms with E-state index in [4.69, 9.17) is 0 Å². The highest BCUT2D eigenvalue weighted by Gasteiger charge is 2.22. The summed E-state index contributed by atoms with van der Waals surface area (Å²) in [6.07, 6.45) is 0.861. The van der Waals surface area contributed by atoms with Crippen LogP contribution in [0.25, 0.3) is 0 Å². The fraction of sp³-hybridized carbons (Fsp3) is 0.625. The van der Waals surface area contributed by atoms with Gasteiger partial charge in [-0.15, -0.1) is 0 Å². The van der Waals surface area contributed by atoms with E-state index in [-0.39, 0.29) is 11.5 Å². The van der Waals surface area contributed by atoms with Gasteiger partial charge in [-0.2, -0.15) is 5.10 Å². The van der Waals surface area contributed by atoms with Crippen molar-refractivity contribution < 1.29 is 8.42 Å². The zero-order valence-corrected chi connectivity index (χ0v) is 8.34. The highest BCUT2D eigenvalue weighted by molar-refractivity contribution is 7.90. The average molecular weight is 200 g/mol. The largest absolute Gasteiger partial charge is 0.267 e. The Morgan fingerprint density at radius 3 is 3.08 bits per heavy atom. The molecule has 5 heteroatoms. The third kappa shape index (κ3) is 1.60. The average Bonchev–Trinajstić information content (AvgIpc) is 2.44. The zero-order valence-electron chi connectivity index (χ0n) is 7.52. The van der Waals surface area contributed by atoms with Crippen LogP contribution in [0, 0.1) is 0 Å². The Kier molecular flexibility index (Phi) is 1.91. The molecule has 0 radical (unpaired) electrons. The van der Waals surface area contributed by atoms with E-state index < -0.39 is 9.84 Å². The molecule has 1 aliphatic rings. The quantitative estimate of drug-likeness (QED) is 0.658. The van der Waals surface area contributed by atoms with Crippen molar-refractivity contribution >= 4 is 9.84 Å². The maximum atomic E-state index is 11.3. The first-order valence-electron chi connectivity index (χ1n) is 4.37. The molecule has 4 nitrogen and oxygen atoms in total. The maximum absolute atomic E-state index is 11.3. The Morgan fingerprint density at radius 2 is 2.38 bits per heavy atom. The summed E-state index contributed by atoms with van der Waals surface area (Å²) < 4.78 is 24.3. The van der Waals surface area contributed by atoms with Crippen LogP contribution in [0.1, 0.15) is 18.3 Å². The molecule has 72 valence electrons. The highest BCUT2D eigenvalue weighted by Crippen LogP contribution is 2.15. The normalized spacial score (nSPS) is 19.8. The molecule has 13 heavy (non-hydrogen) atoms. The van der Waals surface area contributed by atoms with E-state index >= 15 is 0 Å². The lowest BCUT2D eigenvalue weighted by molar-refractivity contribution is 0.553. The van der Waals surface area contributed by atoms with Gasteiger partial charge in [0.25, 0.3) is 0 Å². The van der Waals surface area contributed by atoms with Crippen LogP contribution in [0.4, 0.5) is 0 Å². The molecule has 0 saturated carbocycles. The molecule has 0 saturated heterocycles. The monoisotopic (exact) mass is 200 g/mol. The van der Waals surface area contributed by atoms with Gasteiger partial charge in [0.05, 0.1) is 29.4 Å².